The van der Waals surface area contributed by atoms with Crippen molar-refractivity contribution in [1.29, 1.82) is 0 Å². The fraction of sp³-hybridized carbons (Fsp3) is 0.385. The van der Waals surface area contributed by atoms with Gasteiger partial charge in [-0.2, -0.15) is 4.31 Å². The maximum atomic E-state index is 12.0. The second-order valence-electron chi connectivity index (χ2n) is 4.38. The smallest absolute Gasteiger partial charge is 0.215 e. The number of rotatable bonds is 5. The zero-order valence-corrected chi connectivity index (χ0v) is 12.4. The monoisotopic (exact) mass is 301 g/mol. The van der Waals surface area contributed by atoms with Crippen molar-refractivity contribution in [2.45, 2.75) is 13.0 Å². The third-order valence-corrected chi connectivity index (χ3v) is 5.50. The molecule has 0 aliphatic carbocycles. The molecular weight excluding hydrogens is 286 g/mol. The van der Waals surface area contributed by atoms with Crippen molar-refractivity contribution in [2.24, 2.45) is 0 Å². The summed E-state index contributed by atoms with van der Waals surface area (Å²) in [5.74, 6) is 0.636. The fourth-order valence-corrected chi connectivity index (χ4v) is 3.52. The number of sulfonamides is 1. The molecule has 1 unspecified atom stereocenters. The molecule has 104 valence electrons. The van der Waals surface area contributed by atoms with Crippen molar-refractivity contribution in [3.8, 4) is 0 Å². The minimum atomic E-state index is -3.35. The van der Waals surface area contributed by atoms with Crippen molar-refractivity contribution in [3.63, 3.8) is 0 Å². The molecule has 0 fully saturated rings. The second kappa shape index (κ2) is 5.53. The van der Waals surface area contributed by atoms with Gasteiger partial charge in [-0.05, 0) is 19.1 Å². The molecule has 0 aliphatic rings. The number of halogens is 1. The Hall–Kier alpha value is -1.04. The summed E-state index contributed by atoms with van der Waals surface area (Å²) in [6, 6.07) is 9.10. The highest BCUT2D eigenvalue weighted by Gasteiger charge is 2.26. The summed E-state index contributed by atoms with van der Waals surface area (Å²) < 4.78 is 30.9. The highest BCUT2D eigenvalue weighted by Crippen LogP contribution is 2.28. The van der Waals surface area contributed by atoms with Gasteiger partial charge in [-0.3, -0.25) is 0 Å². The van der Waals surface area contributed by atoms with Crippen molar-refractivity contribution < 1.29 is 12.8 Å². The third kappa shape index (κ3) is 2.94. The standard InChI is InChI=1S/C13H16ClNO3S/c1-10(15(2)19(16,17)8-7-14)13-9-11-5-3-4-6-12(11)18-13/h3-6,9-10H,7-8H2,1-2H3. The number of alkyl halides is 1. The number of hydrogen-bond acceptors (Lipinski definition) is 3. The van der Waals surface area contributed by atoms with E-state index in [4.69, 9.17) is 16.0 Å². The van der Waals surface area contributed by atoms with Crippen LogP contribution in [0.25, 0.3) is 11.0 Å². The number of hydrogen-bond donors (Lipinski definition) is 0. The van der Waals surface area contributed by atoms with Gasteiger partial charge in [0.2, 0.25) is 10.0 Å². The Balaban J connectivity index is 2.30. The van der Waals surface area contributed by atoms with Crippen LogP contribution in [0.2, 0.25) is 0 Å². The van der Waals surface area contributed by atoms with Crippen LogP contribution in [0.4, 0.5) is 0 Å². The molecule has 4 nitrogen and oxygen atoms in total. The van der Waals surface area contributed by atoms with E-state index in [2.05, 4.69) is 0 Å². The minimum Gasteiger partial charge on any atom is -0.459 e. The zero-order chi connectivity index (χ0) is 14.0. The van der Waals surface area contributed by atoms with Crippen molar-refractivity contribution >= 4 is 32.6 Å². The molecule has 1 atom stereocenters. The number of fused-ring (bicyclic) bond motifs is 1. The highest BCUT2D eigenvalue weighted by molar-refractivity contribution is 7.89. The van der Waals surface area contributed by atoms with E-state index in [0.29, 0.717) is 5.76 Å². The van der Waals surface area contributed by atoms with Crippen LogP contribution in [0.15, 0.2) is 34.7 Å². The fourth-order valence-electron chi connectivity index (χ4n) is 1.87. The maximum Gasteiger partial charge on any atom is 0.215 e. The normalized spacial score (nSPS) is 14.1. The summed E-state index contributed by atoms with van der Waals surface area (Å²) in [5.41, 5.74) is 0.757. The Morgan fingerprint density at radius 3 is 2.68 bits per heavy atom. The van der Waals surface area contributed by atoms with Crippen LogP contribution in [-0.2, 0) is 10.0 Å². The first-order valence-electron chi connectivity index (χ1n) is 5.96. The lowest BCUT2D eigenvalue weighted by Gasteiger charge is -2.22. The quantitative estimate of drug-likeness (QED) is 0.798. The number of furan rings is 1. The Morgan fingerprint density at radius 1 is 1.37 bits per heavy atom. The first-order chi connectivity index (χ1) is 8.95. The Kier molecular flexibility index (Phi) is 4.18. The summed E-state index contributed by atoms with van der Waals surface area (Å²) in [6.45, 7) is 1.80. The van der Waals surface area contributed by atoms with E-state index in [1.807, 2.05) is 30.3 Å². The van der Waals surface area contributed by atoms with Gasteiger partial charge in [-0.25, -0.2) is 8.42 Å². The van der Waals surface area contributed by atoms with Crippen LogP contribution in [0.3, 0.4) is 0 Å². The van der Waals surface area contributed by atoms with Gasteiger partial charge < -0.3 is 4.42 Å². The highest BCUT2D eigenvalue weighted by atomic mass is 35.5. The minimum absolute atomic E-state index is 0.0738. The van der Waals surface area contributed by atoms with E-state index in [-0.39, 0.29) is 17.7 Å². The molecule has 0 spiro atoms. The lowest BCUT2D eigenvalue weighted by molar-refractivity contribution is 0.348. The van der Waals surface area contributed by atoms with Crippen LogP contribution >= 0.6 is 11.6 Å². The van der Waals surface area contributed by atoms with Gasteiger partial charge in [0, 0.05) is 18.3 Å². The van der Waals surface area contributed by atoms with Crippen LogP contribution < -0.4 is 0 Å². The van der Waals surface area contributed by atoms with Gasteiger partial charge in [-0.1, -0.05) is 18.2 Å². The van der Waals surface area contributed by atoms with E-state index in [1.54, 1.807) is 14.0 Å². The molecular formula is C13H16ClNO3S. The maximum absolute atomic E-state index is 12.0. The first kappa shape index (κ1) is 14.4. The summed E-state index contributed by atoms with van der Waals surface area (Å²) in [6.07, 6.45) is 0. The molecule has 0 radical (unpaired) electrons. The largest absolute Gasteiger partial charge is 0.459 e. The molecule has 0 bridgehead atoms. The van der Waals surface area contributed by atoms with Crippen molar-refractivity contribution in [1.82, 2.24) is 4.31 Å². The molecule has 0 saturated heterocycles. The van der Waals surface area contributed by atoms with Gasteiger partial charge >= 0.3 is 0 Å². The first-order valence-corrected chi connectivity index (χ1v) is 8.10. The predicted molar refractivity (Wildman–Crippen MR) is 76.9 cm³/mol. The predicted octanol–water partition coefficient (Wildman–Crippen LogP) is 2.99. The molecule has 1 aromatic heterocycles. The molecule has 19 heavy (non-hydrogen) atoms. The lowest BCUT2D eigenvalue weighted by Crippen LogP contribution is -2.32. The van der Waals surface area contributed by atoms with Gasteiger partial charge in [0.25, 0.3) is 0 Å². The molecule has 0 aliphatic heterocycles. The van der Waals surface area contributed by atoms with Crippen LogP contribution in [0.1, 0.15) is 18.7 Å². The van der Waals surface area contributed by atoms with Crippen molar-refractivity contribution in [3.05, 3.63) is 36.1 Å². The zero-order valence-electron chi connectivity index (χ0n) is 10.8. The van der Waals surface area contributed by atoms with E-state index >= 15 is 0 Å². The van der Waals surface area contributed by atoms with E-state index in [0.717, 1.165) is 11.0 Å². The molecule has 2 rings (SSSR count). The lowest BCUT2D eigenvalue weighted by atomic mass is 10.2. The summed E-state index contributed by atoms with van der Waals surface area (Å²) >= 11 is 5.52. The van der Waals surface area contributed by atoms with E-state index in [1.165, 1.54) is 4.31 Å². The number of benzene rings is 1. The molecule has 0 amide bonds. The summed E-state index contributed by atoms with van der Waals surface area (Å²) in [7, 11) is -1.81. The Bertz CT molecular complexity index is 632. The number of nitrogens with zero attached hydrogens (tertiary/aromatic N) is 1. The van der Waals surface area contributed by atoms with Gasteiger partial charge in [0.1, 0.15) is 11.3 Å². The number of para-hydroxylation sites is 1. The van der Waals surface area contributed by atoms with Crippen LogP contribution in [-0.4, -0.2) is 31.4 Å². The Morgan fingerprint density at radius 2 is 2.05 bits per heavy atom. The molecule has 6 heteroatoms. The SMILES string of the molecule is CC(c1cc2ccccc2o1)N(C)S(=O)(=O)CCCl. The molecule has 0 N–H and O–H groups in total. The molecule has 1 heterocycles. The summed E-state index contributed by atoms with van der Waals surface area (Å²) in [5, 5.41) is 0.965. The van der Waals surface area contributed by atoms with E-state index in [9.17, 15) is 8.42 Å². The van der Waals surface area contributed by atoms with E-state index < -0.39 is 10.0 Å². The molecule has 2 aromatic rings. The second-order valence-corrected chi connectivity index (χ2v) is 6.91. The van der Waals surface area contributed by atoms with Gasteiger partial charge in [0.05, 0.1) is 11.8 Å². The van der Waals surface area contributed by atoms with Gasteiger partial charge in [-0.15, -0.1) is 11.6 Å². The van der Waals surface area contributed by atoms with Crippen LogP contribution in [0, 0.1) is 0 Å². The average Bonchev–Trinajstić information content (AvgIpc) is 2.80. The topological polar surface area (TPSA) is 50.5 Å². The third-order valence-electron chi connectivity index (χ3n) is 3.18. The van der Waals surface area contributed by atoms with Crippen LogP contribution in [0.5, 0.6) is 0 Å². The Labute approximate surface area is 118 Å². The van der Waals surface area contributed by atoms with Gasteiger partial charge in [0.15, 0.2) is 0 Å². The molecule has 0 saturated carbocycles. The average molecular weight is 302 g/mol. The summed E-state index contributed by atoms with van der Waals surface area (Å²) in [4.78, 5) is 0. The van der Waals surface area contributed by atoms with Crippen molar-refractivity contribution in [2.75, 3.05) is 18.7 Å². The molecule has 1 aromatic carbocycles.